The first-order chi connectivity index (χ1) is 24.7. The molecule has 9 rings (SSSR count). The molecule has 2 aliphatic carbocycles. The van der Waals surface area contributed by atoms with E-state index < -0.39 is 0 Å². The zero-order valence-electron chi connectivity index (χ0n) is 29.1. The summed E-state index contributed by atoms with van der Waals surface area (Å²) in [5.74, 6) is 1.69. The van der Waals surface area contributed by atoms with Crippen molar-refractivity contribution < 1.29 is 0 Å². The van der Waals surface area contributed by atoms with E-state index in [0.29, 0.717) is 0 Å². The number of fused-ring (bicyclic) bond motifs is 6. The maximum absolute atomic E-state index is 4.88. The first-order valence-corrected chi connectivity index (χ1v) is 18.2. The van der Waals surface area contributed by atoms with Crippen molar-refractivity contribution in [3.8, 4) is 22.3 Å². The molecule has 0 radical (unpaired) electrons. The first-order valence-electron chi connectivity index (χ1n) is 17.4. The van der Waals surface area contributed by atoms with Crippen LogP contribution in [0.15, 0.2) is 156 Å². The first kappa shape index (κ1) is 31.5. The molecule has 0 N–H and O–H groups in total. The second-order valence-corrected chi connectivity index (χ2v) is 15.4. The van der Waals surface area contributed by atoms with Gasteiger partial charge in [-0.2, -0.15) is 0 Å². The lowest BCUT2D eigenvalue weighted by atomic mass is 9.82. The molecule has 4 nitrogen and oxygen atoms in total. The van der Waals surface area contributed by atoms with E-state index in [0.717, 1.165) is 38.9 Å². The standard InChI is InChI=1S/C46H37BrN4/c1-45(2)39-15-7-5-13-35(39)37-21-19-31(28-41(37)45)50(43-17-9-11-23-48-43)33-25-30(47)26-34(27-33)51(44-18-10-12-24-49-44)32-20-22-38-36-14-6-8-16-40(36)46(3,4)42(38)29-32/h5-29H,1-4H3. The van der Waals surface area contributed by atoms with Gasteiger partial charge in [0.15, 0.2) is 0 Å². The van der Waals surface area contributed by atoms with Crippen LogP contribution in [0.25, 0.3) is 22.3 Å². The topological polar surface area (TPSA) is 32.3 Å². The van der Waals surface area contributed by atoms with E-state index in [1.54, 1.807) is 0 Å². The highest BCUT2D eigenvalue weighted by Gasteiger charge is 2.37. The summed E-state index contributed by atoms with van der Waals surface area (Å²) in [6.07, 6.45) is 3.72. The summed E-state index contributed by atoms with van der Waals surface area (Å²) in [7, 11) is 0. The molecule has 0 unspecified atom stereocenters. The average Bonchev–Trinajstić information content (AvgIpc) is 3.52. The minimum Gasteiger partial charge on any atom is -0.295 e. The fourth-order valence-electron chi connectivity index (χ4n) is 8.28. The number of hydrogen-bond donors (Lipinski definition) is 0. The maximum Gasteiger partial charge on any atom is 0.137 e. The molecule has 0 spiro atoms. The molecule has 248 valence electrons. The van der Waals surface area contributed by atoms with Gasteiger partial charge in [-0.1, -0.05) is 116 Å². The van der Waals surface area contributed by atoms with Crippen LogP contribution in [0.2, 0.25) is 0 Å². The zero-order chi connectivity index (χ0) is 34.9. The van der Waals surface area contributed by atoms with Gasteiger partial charge in [-0.05, 0) is 111 Å². The number of hydrogen-bond acceptors (Lipinski definition) is 4. The molecule has 0 saturated carbocycles. The molecule has 7 aromatic rings. The van der Waals surface area contributed by atoms with E-state index in [-0.39, 0.29) is 10.8 Å². The summed E-state index contributed by atoms with van der Waals surface area (Å²) >= 11 is 3.92. The molecule has 2 aliphatic rings. The van der Waals surface area contributed by atoms with Crippen LogP contribution in [0.4, 0.5) is 34.4 Å². The number of halogens is 1. The molecule has 0 atom stereocenters. The maximum atomic E-state index is 4.88. The third-order valence-electron chi connectivity index (χ3n) is 10.8. The molecule has 0 bridgehead atoms. The second kappa shape index (κ2) is 11.8. The molecule has 0 amide bonds. The van der Waals surface area contributed by atoms with Gasteiger partial charge in [0.2, 0.25) is 0 Å². The monoisotopic (exact) mass is 724 g/mol. The van der Waals surface area contributed by atoms with Gasteiger partial charge in [-0.25, -0.2) is 9.97 Å². The smallest absolute Gasteiger partial charge is 0.137 e. The van der Waals surface area contributed by atoms with Crippen LogP contribution in [0.5, 0.6) is 0 Å². The summed E-state index contributed by atoms with van der Waals surface area (Å²) < 4.78 is 0.958. The van der Waals surface area contributed by atoms with Crippen LogP contribution in [0, 0.1) is 0 Å². The van der Waals surface area contributed by atoms with Crippen molar-refractivity contribution in [1.82, 2.24) is 9.97 Å². The third kappa shape index (κ3) is 5.02. The van der Waals surface area contributed by atoms with Crippen LogP contribution in [0.3, 0.4) is 0 Å². The second-order valence-electron chi connectivity index (χ2n) is 14.5. The molecule has 51 heavy (non-hydrogen) atoms. The molecular formula is C46H37BrN4. The summed E-state index contributed by atoms with van der Waals surface area (Å²) in [4.78, 5) is 14.3. The molecule has 2 aromatic heterocycles. The predicted molar refractivity (Wildman–Crippen MR) is 214 cm³/mol. The SMILES string of the molecule is CC1(C)c2ccccc2-c2ccc(N(c3cc(Br)cc(N(c4ccc5c(c4)C(C)(C)c4ccccc4-5)c4ccccn4)c3)c3ccccn3)cc21. The number of rotatable bonds is 6. The highest BCUT2D eigenvalue weighted by Crippen LogP contribution is 2.52. The minimum atomic E-state index is -0.128. The number of benzene rings is 5. The Bertz CT molecular complexity index is 2280. The van der Waals surface area contributed by atoms with Crippen LogP contribution in [-0.2, 0) is 10.8 Å². The summed E-state index contributed by atoms with van der Waals surface area (Å²) in [6.45, 7) is 9.30. The molecule has 0 aliphatic heterocycles. The Hall–Kier alpha value is -5.52. The Morgan fingerprint density at radius 3 is 1.25 bits per heavy atom. The van der Waals surface area contributed by atoms with Crippen molar-refractivity contribution in [3.05, 3.63) is 179 Å². The van der Waals surface area contributed by atoms with Crippen molar-refractivity contribution in [2.75, 3.05) is 9.80 Å². The third-order valence-corrected chi connectivity index (χ3v) is 11.2. The zero-order valence-corrected chi connectivity index (χ0v) is 30.7. The van der Waals surface area contributed by atoms with Gasteiger partial charge >= 0.3 is 0 Å². The van der Waals surface area contributed by atoms with Crippen molar-refractivity contribution >= 4 is 50.3 Å². The van der Waals surface area contributed by atoms with Gasteiger partial charge in [0, 0.05) is 39.1 Å². The van der Waals surface area contributed by atoms with Crippen molar-refractivity contribution in [3.63, 3.8) is 0 Å². The normalized spacial score (nSPS) is 14.3. The average molecular weight is 726 g/mol. The van der Waals surface area contributed by atoms with E-state index in [4.69, 9.17) is 9.97 Å². The molecule has 2 heterocycles. The van der Waals surface area contributed by atoms with Crippen LogP contribution in [0.1, 0.15) is 49.9 Å². The fourth-order valence-corrected chi connectivity index (χ4v) is 8.75. The van der Waals surface area contributed by atoms with Crippen LogP contribution < -0.4 is 9.80 Å². The Kier molecular flexibility index (Phi) is 7.27. The molecule has 5 aromatic carbocycles. The largest absolute Gasteiger partial charge is 0.295 e. The van der Waals surface area contributed by atoms with Crippen LogP contribution in [-0.4, -0.2) is 9.97 Å². The van der Waals surface area contributed by atoms with E-state index in [2.05, 4.69) is 169 Å². The number of nitrogens with zero attached hydrogens (tertiary/aromatic N) is 4. The predicted octanol–water partition coefficient (Wildman–Crippen LogP) is 12.8. The Morgan fingerprint density at radius 1 is 0.412 bits per heavy atom. The quantitative estimate of drug-likeness (QED) is 0.171. The minimum absolute atomic E-state index is 0.128. The van der Waals surface area contributed by atoms with Crippen molar-refractivity contribution in [2.45, 2.75) is 38.5 Å². The van der Waals surface area contributed by atoms with E-state index >= 15 is 0 Å². The van der Waals surface area contributed by atoms with E-state index in [9.17, 15) is 0 Å². The highest BCUT2D eigenvalue weighted by atomic mass is 79.9. The van der Waals surface area contributed by atoms with Gasteiger partial charge < -0.3 is 0 Å². The van der Waals surface area contributed by atoms with Crippen LogP contribution >= 0.6 is 15.9 Å². The van der Waals surface area contributed by atoms with Gasteiger partial charge in [-0.15, -0.1) is 0 Å². The molecule has 0 fully saturated rings. The lowest BCUT2D eigenvalue weighted by Crippen LogP contribution is -2.18. The van der Waals surface area contributed by atoms with Crippen molar-refractivity contribution in [1.29, 1.82) is 0 Å². The fraction of sp³-hybridized carbons (Fsp3) is 0.130. The van der Waals surface area contributed by atoms with Crippen molar-refractivity contribution in [2.24, 2.45) is 0 Å². The summed E-state index contributed by atoms with van der Waals surface area (Å²) in [5.41, 5.74) is 14.4. The molecule has 5 heteroatoms. The van der Waals surface area contributed by atoms with Gasteiger partial charge in [0.25, 0.3) is 0 Å². The molecular weight excluding hydrogens is 688 g/mol. The van der Waals surface area contributed by atoms with E-state index in [1.165, 1.54) is 44.5 Å². The Morgan fingerprint density at radius 2 is 0.824 bits per heavy atom. The van der Waals surface area contributed by atoms with Gasteiger partial charge in [0.1, 0.15) is 11.6 Å². The Balaban J connectivity index is 1.21. The number of anilines is 6. The highest BCUT2D eigenvalue weighted by molar-refractivity contribution is 9.10. The number of pyridine rings is 2. The summed E-state index contributed by atoms with van der Waals surface area (Å²) in [5, 5.41) is 0. The molecule has 0 saturated heterocycles. The lowest BCUT2D eigenvalue weighted by molar-refractivity contribution is 0.660. The van der Waals surface area contributed by atoms with E-state index in [1.807, 2.05) is 36.7 Å². The Labute approximate surface area is 308 Å². The number of aromatic nitrogens is 2. The van der Waals surface area contributed by atoms with Gasteiger partial charge in [-0.3, -0.25) is 9.80 Å². The summed E-state index contributed by atoms with van der Waals surface area (Å²) in [6, 6.07) is 50.0. The lowest BCUT2D eigenvalue weighted by Gasteiger charge is -2.30. The van der Waals surface area contributed by atoms with Gasteiger partial charge in [0.05, 0.1) is 11.4 Å².